The molecular formula is C13H15BrN2. The van der Waals surface area contributed by atoms with Crippen molar-refractivity contribution < 1.29 is 0 Å². The van der Waals surface area contributed by atoms with E-state index in [1.807, 2.05) is 31.2 Å². The highest BCUT2D eigenvalue weighted by molar-refractivity contribution is 9.10. The lowest BCUT2D eigenvalue weighted by molar-refractivity contribution is 0.777. The first-order valence-corrected chi connectivity index (χ1v) is 6.01. The summed E-state index contributed by atoms with van der Waals surface area (Å²) in [5.41, 5.74) is 16.1. The first-order valence-electron chi connectivity index (χ1n) is 5.22. The van der Waals surface area contributed by atoms with Crippen LogP contribution in [0.4, 0.5) is 5.69 Å². The van der Waals surface area contributed by atoms with Crippen LogP contribution in [0.5, 0.6) is 0 Å². The number of allylic oxidation sites excluding steroid dienone is 2. The standard InChI is InChI=1S/C13H15BrN2/c1-9-8-11(2-3-12(9)15)10-4-6-13(14,16)7-5-10/h2-6,8H,7,15-16H2,1H3. The predicted molar refractivity (Wildman–Crippen MR) is 73.2 cm³/mol. The third-order valence-corrected chi connectivity index (χ3v) is 3.37. The summed E-state index contributed by atoms with van der Waals surface area (Å²) in [6.07, 6.45) is 6.96. The van der Waals surface area contributed by atoms with Gasteiger partial charge in [0.2, 0.25) is 0 Å². The first-order chi connectivity index (χ1) is 7.48. The molecule has 1 aliphatic rings. The van der Waals surface area contributed by atoms with Crippen LogP contribution in [0, 0.1) is 6.92 Å². The van der Waals surface area contributed by atoms with Gasteiger partial charge in [-0.05, 0) is 42.2 Å². The Morgan fingerprint density at radius 3 is 2.69 bits per heavy atom. The predicted octanol–water partition coefficient (Wildman–Crippen LogP) is 2.97. The molecule has 1 atom stereocenters. The number of rotatable bonds is 1. The summed E-state index contributed by atoms with van der Waals surface area (Å²) < 4.78 is -0.390. The van der Waals surface area contributed by atoms with Gasteiger partial charge in [-0.15, -0.1) is 0 Å². The molecule has 0 saturated carbocycles. The highest BCUT2D eigenvalue weighted by atomic mass is 79.9. The molecule has 0 heterocycles. The summed E-state index contributed by atoms with van der Waals surface area (Å²) in [6, 6.07) is 6.08. The van der Waals surface area contributed by atoms with Crippen LogP contribution < -0.4 is 11.5 Å². The average molecular weight is 279 g/mol. The number of anilines is 1. The topological polar surface area (TPSA) is 52.0 Å². The van der Waals surface area contributed by atoms with Crippen molar-refractivity contribution in [2.24, 2.45) is 5.73 Å². The second-order valence-electron chi connectivity index (χ2n) is 4.20. The largest absolute Gasteiger partial charge is 0.399 e. The van der Waals surface area contributed by atoms with Crippen LogP contribution in [0.1, 0.15) is 17.5 Å². The molecule has 0 fully saturated rings. The summed E-state index contributed by atoms with van der Waals surface area (Å²) in [5, 5.41) is 0. The number of hydrogen-bond donors (Lipinski definition) is 2. The van der Waals surface area contributed by atoms with Crippen LogP contribution in [-0.4, -0.2) is 4.45 Å². The summed E-state index contributed by atoms with van der Waals surface area (Å²) in [6.45, 7) is 2.02. The number of aryl methyl sites for hydroxylation is 1. The molecule has 1 aromatic carbocycles. The van der Waals surface area contributed by atoms with Gasteiger partial charge < -0.3 is 11.5 Å². The normalized spacial score (nSPS) is 24.3. The molecular weight excluding hydrogens is 264 g/mol. The molecule has 2 nitrogen and oxygen atoms in total. The van der Waals surface area contributed by atoms with Gasteiger partial charge in [-0.3, -0.25) is 0 Å². The molecule has 0 radical (unpaired) electrons. The van der Waals surface area contributed by atoms with Crippen molar-refractivity contribution >= 4 is 27.2 Å². The zero-order valence-electron chi connectivity index (χ0n) is 9.20. The highest BCUT2D eigenvalue weighted by Crippen LogP contribution is 2.29. The molecule has 0 aliphatic heterocycles. The number of benzene rings is 1. The highest BCUT2D eigenvalue weighted by Gasteiger charge is 2.19. The van der Waals surface area contributed by atoms with E-state index >= 15 is 0 Å². The van der Waals surface area contributed by atoms with E-state index in [-0.39, 0.29) is 4.45 Å². The molecule has 84 valence electrons. The van der Waals surface area contributed by atoms with E-state index in [9.17, 15) is 0 Å². The minimum atomic E-state index is -0.390. The Labute approximate surface area is 104 Å². The van der Waals surface area contributed by atoms with Crippen LogP contribution in [-0.2, 0) is 0 Å². The monoisotopic (exact) mass is 278 g/mol. The van der Waals surface area contributed by atoms with Gasteiger partial charge >= 0.3 is 0 Å². The zero-order chi connectivity index (χ0) is 11.8. The molecule has 1 aromatic rings. The number of halogens is 1. The van der Waals surface area contributed by atoms with E-state index in [1.165, 1.54) is 11.1 Å². The van der Waals surface area contributed by atoms with Crippen molar-refractivity contribution in [3.05, 3.63) is 47.6 Å². The minimum Gasteiger partial charge on any atom is -0.399 e. The van der Waals surface area contributed by atoms with Gasteiger partial charge in [0.05, 0.1) is 4.45 Å². The van der Waals surface area contributed by atoms with Crippen LogP contribution >= 0.6 is 15.9 Å². The summed E-state index contributed by atoms with van der Waals surface area (Å²) in [5.74, 6) is 0. The van der Waals surface area contributed by atoms with Crippen molar-refractivity contribution in [2.45, 2.75) is 17.8 Å². The van der Waals surface area contributed by atoms with Crippen molar-refractivity contribution in [3.63, 3.8) is 0 Å². The molecule has 2 rings (SSSR count). The third-order valence-electron chi connectivity index (χ3n) is 2.78. The number of nitrogens with two attached hydrogens (primary N) is 2. The van der Waals surface area contributed by atoms with E-state index < -0.39 is 0 Å². The van der Waals surface area contributed by atoms with Gasteiger partial charge in [0.1, 0.15) is 0 Å². The second kappa shape index (κ2) is 4.07. The first kappa shape index (κ1) is 11.4. The van der Waals surface area contributed by atoms with Crippen LogP contribution in [0.25, 0.3) is 5.57 Å². The van der Waals surface area contributed by atoms with Gasteiger partial charge in [0.25, 0.3) is 0 Å². The van der Waals surface area contributed by atoms with E-state index in [0.717, 1.165) is 17.7 Å². The lowest BCUT2D eigenvalue weighted by Crippen LogP contribution is -2.30. The van der Waals surface area contributed by atoms with Crippen molar-refractivity contribution in [1.82, 2.24) is 0 Å². The third kappa shape index (κ3) is 2.36. The fraction of sp³-hybridized carbons (Fsp3) is 0.231. The molecule has 16 heavy (non-hydrogen) atoms. The molecule has 0 spiro atoms. The Morgan fingerprint density at radius 2 is 2.12 bits per heavy atom. The van der Waals surface area contributed by atoms with Crippen LogP contribution in [0.2, 0.25) is 0 Å². The molecule has 0 aromatic heterocycles. The summed E-state index contributed by atoms with van der Waals surface area (Å²) >= 11 is 3.44. The van der Waals surface area contributed by atoms with E-state index in [2.05, 4.69) is 28.1 Å². The number of nitrogen functional groups attached to an aromatic ring is 1. The quantitative estimate of drug-likeness (QED) is 0.471. The van der Waals surface area contributed by atoms with Gasteiger partial charge in [-0.2, -0.15) is 0 Å². The minimum absolute atomic E-state index is 0.390. The maximum Gasteiger partial charge on any atom is 0.0940 e. The molecule has 1 unspecified atom stereocenters. The fourth-order valence-corrected chi connectivity index (χ4v) is 1.99. The van der Waals surface area contributed by atoms with Gasteiger partial charge in [0.15, 0.2) is 0 Å². The Morgan fingerprint density at radius 1 is 1.38 bits per heavy atom. The molecule has 0 bridgehead atoms. The van der Waals surface area contributed by atoms with Gasteiger partial charge in [0, 0.05) is 5.69 Å². The zero-order valence-corrected chi connectivity index (χ0v) is 10.8. The van der Waals surface area contributed by atoms with Gasteiger partial charge in [-0.1, -0.05) is 40.2 Å². The Bertz CT molecular complexity index is 473. The van der Waals surface area contributed by atoms with Gasteiger partial charge in [-0.25, -0.2) is 0 Å². The SMILES string of the molecule is Cc1cc(C2=CCC(N)(Br)C=C2)ccc1N. The molecule has 1 aliphatic carbocycles. The van der Waals surface area contributed by atoms with Crippen LogP contribution in [0.3, 0.4) is 0 Å². The molecule has 3 heteroatoms. The summed E-state index contributed by atoms with van der Waals surface area (Å²) in [4.78, 5) is 0. The number of alkyl halides is 1. The smallest absolute Gasteiger partial charge is 0.0940 e. The van der Waals surface area contributed by atoms with Crippen LogP contribution in [0.15, 0.2) is 36.4 Å². The van der Waals surface area contributed by atoms with Crippen molar-refractivity contribution in [1.29, 1.82) is 0 Å². The van der Waals surface area contributed by atoms with E-state index in [1.54, 1.807) is 0 Å². The Hall–Kier alpha value is -1.06. The lowest BCUT2D eigenvalue weighted by atomic mass is 9.96. The number of hydrogen-bond acceptors (Lipinski definition) is 2. The van der Waals surface area contributed by atoms with E-state index in [4.69, 9.17) is 11.5 Å². The maximum atomic E-state index is 5.94. The maximum absolute atomic E-state index is 5.94. The second-order valence-corrected chi connectivity index (χ2v) is 5.67. The lowest BCUT2D eigenvalue weighted by Gasteiger charge is -2.21. The fourth-order valence-electron chi connectivity index (χ4n) is 1.70. The average Bonchev–Trinajstić information content (AvgIpc) is 2.22. The van der Waals surface area contributed by atoms with Crippen molar-refractivity contribution in [3.8, 4) is 0 Å². The van der Waals surface area contributed by atoms with Crippen molar-refractivity contribution in [2.75, 3.05) is 5.73 Å². The molecule has 0 saturated heterocycles. The molecule has 4 N–H and O–H groups in total. The molecule has 0 amide bonds. The Balaban J connectivity index is 2.30. The summed E-state index contributed by atoms with van der Waals surface area (Å²) in [7, 11) is 0. The Kier molecular flexibility index (Phi) is 2.91. The van der Waals surface area contributed by atoms with E-state index in [0.29, 0.717) is 0 Å².